The molecule has 2 fully saturated rings. The van der Waals surface area contributed by atoms with Crippen LogP contribution in [0.5, 0.6) is 5.75 Å². The van der Waals surface area contributed by atoms with E-state index in [0.717, 1.165) is 55.4 Å². The van der Waals surface area contributed by atoms with Crippen molar-refractivity contribution in [3.63, 3.8) is 0 Å². The minimum Gasteiger partial charge on any atom is -0.487 e. The van der Waals surface area contributed by atoms with Crippen LogP contribution < -0.4 is 10.1 Å². The first kappa shape index (κ1) is 23.3. The van der Waals surface area contributed by atoms with E-state index in [2.05, 4.69) is 44.2 Å². The fourth-order valence-electron chi connectivity index (χ4n) is 5.11. The van der Waals surface area contributed by atoms with Crippen LogP contribution in [0.25, 0.3) is 0 Å². The third kappa shape index (κ3) is 5.59. The quantitative estimate of drug-likeness (QED) is 0.445. The van der Waals surface area contributed by atoms with E-state index in [0.29, 0.717) is 31.1 Å². The number of hydrogen-bond acceptors (Lipinski definition) is 8. The Labute approximate surface area is 204 Å². The molecule has 2 aromatic heterocycles. The number of ether oxygens (including phenoxy) is 2. The van der Waals surface area contributed by atoms with Gasteiger partial charge in [-0.25, -0.2) is 4.68 Å². The lowest BCUT2D eigenvalue weighted by Crippen LogP contribution is -2.37. The van der Waals surface area contributed by atoms with Gasteiger partial charge in [-0.2, -0.15) is 11.8 Å². The Morgan fingerprint density at radius 1 is 1.24 bits per heavy atom. The number of aryl methyl sites for hydroxylation is 1. The van der Waals surface area contributed by atoms with Gasteiger partial charge in [0.25, 0.3) is 0 Å². The smallest absolute Gasteiger partial charge is 0.168 e. The first-order valence-electron chi connectivity index (χ1n) is 12.0. The molecule has 1 aliphatic heterocycles. The van der Waals surface area contributed by atoms with Crippen molar-refractivity contribution in [2.75, 3.05) is 18.6 Å². The van der Waals surface area contributed by atoms with E-state index in [4.69, 9.17) is 9.47 Å². The van der Waals surface area contributed by atoms with Crippen LogP contribution in [0, 0.1) is 11.8 Å². The Balaban J connectivity index is 1.29. The lowest BCUT2D eigenvalue weighted by molar-refractivity contribution is 0.106. The minimum atomic E-state index is 0.0857. The van der Waals surface area contributed by atoms with E-state index in [1.165, 1.54) is 5.56 Å². The van der Waals surface area contributed by atoms with Crippen LogP contribution in [0.1, 0.15) is 42.4 Å². The van der Waals surface area contributed by atoms with Crippen LogP contribution in [0.15, 0.2) is 48.7 Å². The van der Waals surface area contributed by atoms with Crippen molar-refractivity contribution >= 4 is 11.8 Å². The van der Waals surface area contributed by atoms with Crippen molar-refractivity contribution in [3.8, 4) is 5.75 Å². The first-order valence-corrected chi connectivity index (χ1v) is 13.4. The van der Waals surface area contributed by atoms with E-state index < -0.39 is 0 Å². The second-order valence-electron chi connectivity index (χ2n) is 9.06. The van der Waals surface area contributed by atoms with Crippen molar-refractivity contribution in [2.45, 2.75) is 51.1 Å². The van der Waals surface area contributed by atoms with Gasteiger partial charge in [0.05, 0.1) is 31.0 Å². The predicted octanol–water partition coefficient (Wildman–Crippen LogP) is 3.66. The summed E-state index contributed by atoms with van der Waals surface area (Å²) >= 11 is 1.81. The molecule has 2 bridgehead atoms. The summed E-state index contributed by atoms with van der Waals surface area (Å²) in [5.74, 6) is 3.78. The standard InChI is InChI=1S/C25H32N6O2S/c1-34-12-11-31-25(28-29-30-31)24(23-9-8-22-14-19(23)16-32-22)27-15-18-5-4-7-21(13-18)33-17-20-6-2-3-10-26-20/h2-7,10,13,19,22-24,27H,8-9,11-12,14-17H2,1H3/t19-,22+,23-,24?/m1/s1. The average molecular weight is 481 g/mol. The van der Waals surface area contributed by atoms with Gasteiger partial charge >= 0.3 is 0 Å². The van der Waals surface area contributed by atoms with Crippen molar-refractivity contribution in [3.05, 3.63) is 65.7 Å². The summed E-state index contributed by atoms with van der Waals surface area (Å²) in [4.78, 5) is 4.33. The number of nitrogens with one attached hydrogen (secondary N) is 1. The summed E-state index contributed by atoms with van der Waals surface area (Å²) < 4.78 is 14.0. The van der Waals surface area contributed by atoms with E-state index in [-0.39, 0.29) is 6.04 Å². The maximum Gasteiger partial charge on any atom is 0.168 e. The number of pyridine rings is 1. The fraction of sp³-hybridized carbons (Fsp3) is 0.520. The zero-order valence-corrected chi connectivity index (χ0v) is 20.4. The molecule has 1 aliphatic carbocycles. The second-order valence-corrected chi connectivity index (χ2v) is 10.0. The zero-order valence-electron chi connectivity index (χ0n) is 19.5. The molecule has 3 heterocycles. The summed E-state index contributed by atoms with van der Waals surface area (Å²) in [6.45, 7) is 2.83. The lowest BCUT2D eigenvalue weighted by atomic mass is 9.76. The SMILES string of the molecule is CSCCn1nnnc1C(NCc1cccc(OCc2ccccn2)c1)[C@@H]1CC[C@H]2C[C@@H]1CO2. The molecule has 8 nitrogen and oxygen atoms in total. The summed E-state index contributed by atoms with van der Waals surface area (Å²) in [6.07, 6.45) is 7.72. The molecule has 0 radical (unpaired) electrons. The predicted molar refractivity (Wildman–Crippen MR) is 131 cm³/mol. The third-order valence-electron chi connectivity index (χ3n) is 6.85. The Morgan fingerprint density at radius 2 is 2.21 bits per heavy atom. The van der Waals surface area contributed by atoms with Crippen LogP contribution in [-0.4, -0.2) is 49.9 Å². The van der Waals surface area contributed by atoms with Crippen LogP contribution >= 0.6 is 11.8 Å². The minimum absolute atomic E-state index is 0.0857. The normalized spacial score (nSPS) is 22.6. The van der Waals surface area contributed by atoms with Gasteiger partial charge in [-0.1, -0.05) is 18.2 Å². The van der Waals surface area contributed by atoms with Crippen molar-refractivity contribution < 1.29 is 9.47 Å². The van der Waals surface area contributed by atoms with Crippen molar-refractivity contribution in [1.29, 1.82) is 0 Å². The topological polar surface area (TPSA) is 87.0 Å². The molecule has 0 spiro atoms. The molecule has 5 rings (SSSR count). The monoisotopic (exact) mass is 480 g/mol. The molecule has 1 aromatic carbocycles. The van der Waals surface area contributed by atoms with Gasteiger partial charge in [0.15, 0.2) is 5.82 Å². The highest BCUT2D eigenvalue weighted by atomic mass is 32.2. The number of nitrogens with zero attached hydrogens (tertiary/aromatic N) is 5. The fourth-order valence-corrected chi connectivity index (χ4v) is 5.46. The molecule has 9 heteroatoms. The maximum atomic E-state index is 6.00. The third-order valence-corrected chi connectivity index (χ3v) is 7.44. The number of rotatable bonds is 11. The molecule has 1 saturated carbocycles. The van der Waals surface area contributed by atoms with Crippen LogP contribution in [0.4, 0.5) is 0 Å². The van der Waals surface area contributed by atoms with Gasteiger partial charge in [-0.05, 0) is 77.6 Å². The highest BCUT2D eigenvalue weighted by Crippen LogP contribution is 2.43. The number of benzene rings is 1. The molecule has 1 unspecified atom stereocenters. The van der Waals surface area contributed by atoms with Gasteiger partial charge in [0.1, 0.15) is 12.4 Å². The average Bonchev–Trinajstić information content (AvgIpc) is 3.50. The molecule has 3 aromatic rings. The maximum absolute atomic E-state index is 6.00. The van der Waals surface area contributed by atoms with Gasteiger partial charge in [0, 0.05) is 18.5 Å². The van der Waals surface area contributed by atoms with E-state index in [1.54, 1.807) is 6.20 Å². The van der Waals surface area contributed by atoms with E-state index >= 15 is 0 Å². The molecular weight excluding hydrogens is 448 g/mol. The molecule has 0 amide bonds. The lowest BCUT2D eigenvalue weighted by Gasteiger charge is -2.34. The second kappa shape index (κ2) is 11.3. The van der Waals surface area contributed by atoms with Crippen LogP contribution in [-0.2, 0) is 24.4 Å². The van der Waals surface area contributed by atoms with E-state index in [1.807, 2.05) is 46.8 Å². The van der Waals surface area contributed by atoms with Crippen LogP contribution in [0.3, 0.4) is 0 Å². The summed E-state index contributed by atoms with van der Waals surface area (Å²) in [5, 5.41) is 16.6. The van der Waals surface area contributed by atoms with Crippen molar-refractivity contribution in [1.82, 2.24) is 30.5 Å². The zero-order chi connectivity index (χ0) is 23.2. The number of fused-ring (bicyclic) bond motifs is 2. The Morgan fingerprint density at radius 3 is 3.09 bits per heavy atom. The van der Waals surface area contributed by atoms with Gasteiger partial charge < -0.3 is 14.8 Å². The largest absolute Gasteiger partial charge is 0.487 e. The van der Waals surface area contributed by atoms with Gasteiger partial charge in [-0.3, -0.25) is 4.98 Å². The highest BCUT2D eigenvalue weighted by Gasteiger charge is 2.42. The first-order chi connectivity index (χ1) is 16.8. The Hall–Kier alpha value is -2.49. The van der Waals surface area contributed by atoms with Gasteiger partial charge in [-0.15, -0.1) is 5.10 Å². The van der Waals surface area contributed by atoms with Gasteiger partial charge in [0.2, 0.25) is 0 Å². The van der Waals surface area contributed by atoms with Crippen LogP contribution in [0.2, 0.25) is 0 Å². The summed E-state index contributed by atoms with van der Waals surface area (Å²) in [5.41, 5.74) is 2.08. The molecule has 4 atom stereocenters. The number of hydrogen-bond donors (Lipinski definition) is 1. The summed E-state index contributed by atoms with van der Waals surface area (Å²) in [6, 6.07) is 14.2. The van der Waals surface area contributed by atoms with E-state index in [9.17, 15) is 0 Å². The molecule has 180 valence electrons. The number of thioether (sulfide) groups is 1. The molecule has 34 heavy (non-hydrogen) atoms. The number of aromatic nitrogens is 5. The highest BCUT2D eigenvalue weighted by molar-refractivity contribution is 7.98. The molecule has 1 N–H and O–H groups in total. The molecule has 1 saturated heterocycles. The molecular formula is C25H32N6O2S. The number of tetrazole rings is 1. The van der Waals surface area contributed by atoms with Crippen molar-refractivity contribution in [2.24, 2.45) is 11.8 Å². The summed E-state index contributed by atoms with van der Waals surface area (Å²) in [7, 11) is 0. The Kier molecular flexibility index (Phi) is 7.72. The Bertz CT molecular complexity index is 1050. The molecule has 2 aliphatic rings.